The van der Waals surface area contributed by atoms with Gasteiger partial charge in [-0.3, -0.25) is 0 Å². The minimum atomic E-state index is 0.296. The van der Waals surface area contributed by atoms with Gasteiger partial charge in [0.05, 0.1) is 13.7 Å². The third kappa shape index (κ3) is 2.92. The molecule has 0 bridgehead atoms. The first-order chi connectivity index (χ1) is 9.26. The van der Waals surface area contributed by atoms with Crippen molar-refractivity contribution in [2.75, 3.05) is 25.3 Å². The van der Waals surface area contributed by atoms with E-state index in [1.54, 1.807) is 7.11 Å². The number of nitrogens with two attached hydrogens (primary N) is 1. The molecule has 0 spiro atoms. The molecule has 1 aromatic carbocycles. The first-order valence-electron chi connectivity index (χ1n) is 5.74. The molecule has 0 unspecified atom stereocenters. The third-order valence-corrected chi connectivity index (χ3v) is 2.61. The molecular weight excluding hydrogens is 244 g/mol. The Labute approximate surface area is 111 Å². The summed E-state index contributed by atoms with van der Waals surface area (Å²) >= 11 is 0. The van der Waals surface area contributed by atoms with E-state index in [1.807, 2.05) is 24.3 Å². The molecule has 6 heteroatoms. The molecule has 0 radical (unpaired) electrons. The van der Waals surface area contributed by atoms with Crippen LogP contribution in [-0.2, 0) is 11.3 Å². The van der Waals surface area contributed by atoms with Crippen LogP contribution in [0.4, 0.5) is 17.3 Å². The first-order valence-corrected chi connectivity index (χ1v) is 5.74. The highest BCUT2D eigenvalue weighted by Crippen LogP contribution is 2.30. The van der Waals surface area contributed by atoms with Gasteiger partial charge in [-0.2, -0.15) is 0 Å². The Morgan fingerprint density at radius 1 is 1.21 bits per heavy atom. The molecule has 0 aliphatic rings. The fourth-order valence-corrected chi connectivity index (χ4v) is 1.73. The van der Waals surface area contributed by atoms with Crippen molar-refractivity contribution in [3.05, 3.63) is 36.2 Å². The molecule has 0 fully saturated rings. The fraction of sp³-hybridized carbons (Fsp3) is 0.231. The molecule has 1 heterocycles. The largest absolute Gasteiger partial charge is 0.490 e. The number of anilines is 3. The zero-order chi connectivity index (χ0) is 13.7. The summed E-state index contributed by atoms with van der Waals surface area (Å²) in [5.74, 6) is 1.25. The van der Waals surface area contributed by atoms with E-state index >= 15 is 0 Å². The fourth-order valence-electron chi connectivity index (χ4n) is 1.73. The number of aromatic nitrogens is 2. The van der Waals surface area contributed by atoms with E-state index in [0.29, 0.717) is 24.0 Å². The second-order valence-corrected chi connectivity index (χ2v) is 3.86. The number of benzene rings is 1. The summed E-state index contributed by atoms with van der Waals surface area (Å²) in [6.45, 7) is 0.506. The number of nitrogens with one attached hydrogen (secondary N) is 1. The van der Waals surface area contributed by atoms with Gasteiger partial charge in [0.2, 0.25) is 5.75 Å². The molecule has 6 nitrogen and oxygen atoms in total. The van der Waals surface area contributed by atoms with E-state index in [2.05, 4.69) is 15.3 Å². The van der Waals surface area contributed by atoms with Crippen LogP contribution in [0.15, 0.2) is 30.6 Å². The van der Waals surface area contributed by atoms with Crippen LogP contribution in [-0.4, -0.2) is 24.2 Å². The van der Waals surface area contributed by atoms with Crippen molar-refractivity contribution in [1.82, 2.24) is 9.97 Å². The van der Waals surface area contributed by atoms with Crippen LogP contribution in [0, 0.1) is 0 Å². The zero-order valence-electron chi connectivity index (χ0n) is 10.9. The van der Waals surface area contributed by atoms with Gasteiger partial charge in [-0.1, -0.05) is 18.2 Å². The molecule has 3 N–H and O–H groups in total. The molecule has 0 saturated carbocycles. The summed E-state index contributed by atoms with van der Waals surface area (Å²) < 4.78 is 10.4. The van der Waals surface area contributed by atoms with E-state index < -0.39 is 0 Å². The average Bonchev–Trinajstić information content (AvgIpc) is 2.41. The lowest BCUT2D eigenvalue weighted by molar-refractivity contribution is 0.185. The van der Waals surface area contributed by atoms with Crippen molar-refractivity contribution < 1.29 is 9.47 Å². The molecular formula is C13H16N4O2. The normalized spacial score (nSPS) is 10.2. The first kappa shape index (κ1) is 13.1. The number of methoxy groups -OCH3 is 2. The van der Waals surface area contributed by atoms with E-state index in [-0.39, 0.29) is 0 Å². The topological polar surface area (TPSA) is 82.3 Å². The number of para-hydroxylation sites is 1. The standard InChI is InChI=1S/C13H16N4O2/c1-18-7-9-5-3-4-6-10(9)17-13-11(19-2)12(14)15-8-16-13/h3-6,8H,7H2,1-2H3,(H3,14,15,16,17). The van der Waals surface area contributed by atoms with Crippen LogP contribution in [0.25, 0.3) is 0 Å². The monoisotopic (exact) mass is 260 g/mol. The highest BCUT2D eigenvalue weighted by atomic mass is 16.5. The molecule has 1 aromatic heterocycles. The average molecular weight is 260 g/mol. The van der Waals surface area contributed by atoms with Crippen LogP contribution in [0.3, 0.4) is 0 Å². The Balaban J connectivity index is 2.33. The highest BCUT2D eigenvalue weighted by Gasteiger charge is 2.11. The van der Waals surface area contributed by atoms with Crippen LogP contribution in [0.5, 0.6) is 5.75 Å². The predicted molar refractivity (Wildman–Crippen MR) is 73.4 cm³/mol. The van der Waals surface area contributed by atoms with Gasteiger partial charge in [-0.15, -0.1) is 0 Å². The van der Waals surface area contributed by atoms with Crippen molar-refractivity contribution in [1.29, 1.82) is 0 Å². The van der Waals surface area contributed by atoms with Crippen molar-refractivity contribution in [3.8, 4) is 5.75 Å². The summed E-state index contributed by atoms with van der Waals surface area (Å²) in [4.78, 5) is 8.03. The maximum Gasteiger partial charge on any atom is 0.204 e. The summed E-state index contributed by atoms with van der Waals surface area (Å²) in [6, 6.07) is 7.79. The van der Waals surface area contributed by atoms with Gasteiger partial charge >= 0.3 is 0 Å². The number of nitrogens with zero attached hydrogens (tertiary/aromatic N) is 2. The van der Waals surface area contributed by atoms with E-state index in [9.17, 15) is 0 Å². The molecule has 100 valence electrons. The molecule has 0 aliphatic carbocycles. The van der Waals surface area contributed by atoms with Crippen molar-refractivity contribution in [2.24, 2.45) is 0 Å². The van der Waals surface area contributed by atoms with E-state index in [4.69, 9.17) is 15.2 Å². The number of ether oxygens (including phenoxy) is 2. The van der Waals surface area contributed by atoms with Gasteiger partial charge in [0, 0.05) is 18.4 Å². The van der Waals surface area contributed by atoms with Gasteiger partial charge in [0.15, 0.2) is 11.6 Å². The lowest BCUT2D eigenvalue weighted by atomic mass is 10.2. The molecule has 0 saturated heterocycles. The second kappa shape index (κ2) is 6.01. The second-order valence-electron chi connectivity index (χ2n) is 3.86. The number of nitrogen functional groups attached to an aromatic ring is 1. The lowest BCUT2D eigenvalue weighted by Gasteiger charge is -2.13. The molecule has 19 heavy (non-hydrogen) atoms. The van der Waals surface area contributed by atoms with Crippen molar-refractivity contribution >= 4 is 17.3 Å². The van der Waals surface area contributed by atoms with Gasteiger partial charge in [-0.05, 0) is 6.07 Å². The Kier molecular flexibility index (Phi) is 4.15. The van der Waals surface area contributed by atoms with E-state index in [1.165, 1.54) is 13.4 Å². The van der Waals surface area contributed by atoms with Gasteiger partial charge < -0.3 is 20.5 Å². The molecule has 0 amide bonds. The Morgan fingerprint density at radius 2 is 2.00 bits per heavy atom. The van der Waals surface area contributed by atoms with Crippen LogP contribution >= 0.6 is 0 Å². The Morgan fingerprint density at radius 3 is 2.74 bits per heavy atom. The maximum absolute atomic E-state index is 5.74. The zero-order valence-corrected chi connectivity index (χ0v) is 10.9. The summed E-state index contributed by atoms with van der Waals surface area (Å²) in [5, 5.41) is 3.18. The molecule has 0 atom stereocenters. The molecule has 0 aliphatic heterocycles. The quantitative estimate of drug-likeness (QED) is 0.855. The smallest absolute Gasteiger partial charge is 0.204 e. The highest BCUT2D eigenvalue weighted by molar-refractivity contribution is 5.69. The van der Waals surface area contributed by atoms with Gasteiger partial charge in [0.1, 0.15) is 6.33 Å². The lowest BCUT2D eigenvalue weighted by Crippen LogP contribution is -2.04. The maximum atomic E-state index is 5.74. The third-order valence-electron chi connectivity index (χ3n) is 2.61. The minimum Gasteiger partial charge on any atom is -0.490 e. The Hall–Kier alpha value is -2.34. The minimum absolute atomic E-state index is 0.296. The molecule has 2 aromatic rings. The van der Waals surface area contributed by atoms with Crippen LogP contribution < -0.4 is 15.8 Å². The predicted octanol–water partition coefficient (Wildman–Crippen LogP) is 1.96. The van der Waals surface area contributed by atoms with Gasteiger partial charge in [-0.25, -0.2) is 9.97 Å². The van der Waals surface area contributed by atoms with Gasteiger partial charge in [0.25, 0.3) is 0 Å². The number of hydrogen-bond acceptors (Lipinski definition) is 6. The number of hydrogen-bond donors (Lipinski definition) is 2. The summed E-state index contributed by atoms with van der Waals surface area (Å²) in [5.41, 5.74) is 7.65. The summed E-state index contributed by atoms with van der Waals surface area (Å²) in [6.07, 6.45) is 1.39. The van der Waals surface area contributed by atoms with Crippen molar-refractivity contribution in [3.63, 3.8) is 0 Å². The molecule has 2 rings (SSSR count). The number of rotatable bonds is 5. The summed E-state index contributed by atoms with van der Waals surface area (Å²) in [7, 11) is 3.18. The van der Waals surface area contributed by atoms with Crippen LogP contribution in [0.1, 0.15) is 5.56 Å². The SMILES string of the molecule is COCc1ccccc1Nc1ncnc(N)c1OC. The van der Waals surface area contributed by atoms with E-state index in [0.717, 1.165) is 11.3 Å². The Bertz CT molecular complexity index is 560. The van der Waals surface area contributed by atoms with Crippen molar-refractivity contribution in [2.45, 2.75) is 6.61 Å². The van der Waals surface area contributed by atoms with Crippen LogP contribution in [0.2, 0.25) is 0 Å².